The Bertz CT molecular complexity index is 584. The van der Waals surface area contributed by atoms with E-state index in [0.717, 1.165) is 49.6 Å². The number of aliphatic hydroxyl groups excluding tert-OH is 1. The summed E-state index contributed by atoms with van der Waals surface area (Å²) in [6, 6.07) is 8.08. The highest BCUT2D eigenvalue weighted by atomic mass is 35.5. The minimum atomic E-state index is 0.0729. The summed E-state index contributed by atoms with van der Waals surface area (Å²) in [5.41, 5.74) is 1.10. The largest absolute Gasteiger partial charge is 0.396 e. The molecule has 1 aromatic rings. The molecular formula is C20H30ClN3O2. The minimum Gasteiger partial charge on any atom is -0.396 e. The molecule has 2 saturated heterocycles. The Morgan fingerprint density at radius 2 is 1.88 bits per heavy atom. The first kappa shape index (κ1) is 19.6. The summed E-state index contributed by atoms with van der Waals surface area (Å²) >= 11 is 6.43. The van der Waals surface area contributed by atoms with Crippen LogP contribution in [0.5, 0.6) is 0 Å². The Morgan fingerprint density at radius 3 is 2.54 bits per heavy atom. The molecule has 5 nitrogen and oxygen atoms in total. The molecule has 0 aromatic heterocycles. The lowest BCUT2D eigenvalue weighted by Crippen LogP contribution is -2.44. The lowest BCUT2D eigenvalue weighted by molar-refractivity contribution is -0.122. The summed E-state index contributed by atoms with van der Waals surface area (Å²) < 4.78 is 0. The minimum absolute atomic E-state index is 0.0729. The number of piperidine rings is 1. The molecule has 3 rings (SSSR count). The van der Waals surface area contributed by atoms with Gasteiger partial charge < -0.3 is 10.4 Å². The number of nitrogens with one attached hydrogen (secondary N) is 1. The standard InChI is InChI=1S/C20H30ClN3O2/c21-18-6-2-1-5-17(18)19(24-9-3-4-10-24)13-22-20(26)14-23-11-7-16(15-25)8-12-23/h1-2,5-6,16,19,25H,3-4,7-15H2,(H,22,26). The summed E-state index contributed by atoms with van der Waals surface area (Å²) in [5, 5.41) is 13.1. The Morgan fingerprint density at radius 1 is 1.19 bits per heavy atom. The third kappa shape index (κ3) is 5.19. The molecule has 0 spiro atoms. The van der Waals surface area contributed by atoms with Gasteiger partial charge in [0.1, 0.15) is 0 Å². The summed E-state index contributed by atoms with van der Waals surface area (Å²) in [6.45, 7) is 5.18. The van der Waals surface area contributed by atoms with Crippen molar-refractivity contribution >= 4 is 17.5 Å². The van der Waals surface area contributed by atoms with Gasteiger partial charge in [-0.2, -0.15) is 0 Å². The van der Waals surface area contributed by atoms with Gasteiger partial charge in [0.15, 0.2) is 0 Å². The molecule has 2 aliphatic rings. The third-order valence-electron chi connectivity index (χ3n) is 5.67. The van der Waals surface area contributed by atoms with E-state index in [1.807, 2.05) is 18.2 Å². The molecule has 6 heteroatoms. The van der Waals surface area contributed by atoms with Crippen LogP contribution in [0.3, 0.4) is 0 Å². The number of rotatable bonds is 7. The predicted octanol–water partition coefficient (Wildman–Crippen LogP) is 2.30. The quantitative estimate of drug-likeness (QED) is 0.763. The van der Waals surface area contributed by atoms with Crippen LogP contribution in [-0.4, -0.2) is 66.7 Å². The molecule has 2 N–H and O–H groups in total. The van der Waals surface area contributed by atoms with Crippen LogP contribution in [-0.2, 0) is 4.79 Å². The maximum absolute atomic E-state index is 12.4. The molecule has 0 aliphatic carbocycles. The van der Waals surface area contributed by atoms with E-state index < -0.39 is 0 Å². The van der Waals surface area contributed by atoms with E-state index in [0.29, 0.717) is 19.0 Å². The highest BCUT2D eigenvalue weighted by Gasteiger charge is 2.26. The third-order valence-corrected chi connectivity index (χ3v) is 6.01. The SMILES string of the molecule is O=C(CN1CCC(CO)CC1)NCC(c1ccccc1Cl)N1CCCC1. The van der Waals surface area contributed by atoms with Crippen molar-refractivity contribution in [3.8, 4) is 0 Å². The first-order valence-corrected chi connectivity index (χ1v) is 10.1. The Labute approximate surface area is 161 Å². The van der Waals surface area contributed by atoms with Crippen LogP contribution in [0.1, 0.15) is 37.3 Å². The van der Waals surface area contributed by atoms with Gasteiger partial charge in [0.05, 0.1) is 12.6 Å². The van der Waals surface area contributed by atoms with Gasteiger partial charge in [0, 0.05) is 18.2 Å². The molecule has 1 atom stereocenters. The molecule has 144 valence electrons. The van der Waals surface area contributed by atoms with Gasteiger partial charge >= 0.3 is 0 Å². The zero-order valence-corrected chi connectivity index (χ0v) is 16.1. The van der Waals surface area contributed by atoms with Crippen molar-refractivity contribution in [2.45, 2.75) is 31.7 Å². The van der Waals surface area contributed by atoms with Crippen LogP contribution in [0.15, 0.2) is 24.3 Å². The van der Waals surface area contributed by atoms with Gasteiger partial charge in [-0.25, -0.2) is 0 Å². The fourth-order valence-corrected chi connectivity index (χ4v) is 4.29. The number of halogens is 1. The second-order valence-corrected chi connectivity index (χ2v) is 7.89. The van der Waals surface area contributed by atoms with E-state index in [4.69, 9.17) is 11.6 Å². The fraction of sp³-hybridized carbons (Fsp3) is 0.650. The Kier molecular flexibility index (Phi) is 7.32. The number of nitrogens with zero attached hydrogens (tertiary/aromatic N) is 2. The normalized spacial score (nSPS) is 21.0. The van der Waals surface area contributed by atoms with E-state index in [1.54, 1.807) is 0 Å². The summed E-state index contributed by atoms with van der Waals surface area (Å²) in [5.74, 6) is 0.470. The smallest absolute Gasteiger partial charge is 0.234 e. The zero-order valence-electron chi connectivity index (χ0n) is 15.4. The van der Waals surface area contributed by atoms with Crippen molar-refractivity contribution in [1.29, 1.82) is 0 Å². The topological polar surface area (TPSA) is 55.8 Å². The molecule has 1 amide bonds. The van der Waals surface area contributed by atoms with E-state index in [1.165, 1.54) is 12.8 Å². The van der Waals surface area contributed by atoms with Gasteiger partial charge in [-0.05, 0) is 69.4 Å². The molecule has 1 unspecified atom stereocenters. The molecule has 26 heavy (non-hydrogen) atoms. The lowest BCUT2D eigenvalue weighted by Gasteiger charge is -2.31. The maximum atomic E-state index is 12.4. The average Bonchev–Trinajstić information content (AvgIpc) is 3.18. The molecule has 2 fully saturated rings. The van der Waals surface area contributed by atoms with E-state index in [-0.39, 0.29) is 18.6 Å². The average molecular weight is 380 g/mol. The number of carbonyl (C=O) groups is 1. The van der Waals surface area contributed by atoms with Crippen molar-refractivity contribution in [1.82, 2.24) is 15.1 Å². The van der Waals surface area contributed by atoms with Crippen LogP contribution in [0.25, 0.3) is 0 Å². The van der Waals surface area contributed by atoms with Gasteiger partial charge in [-0.3, -0.25) is 14.6 Å². The first-order chi connectivity index (χ1) is 12.7. The summed E-state index contributed by atoms with van der Waals surface area (Å²) in [7, 11) is 0. The van der Waals surface area contributed by atoms with Gasteiger partial charge in [-0.1, -0.05) is 29.8 Å². The number of amides is 1. The summed E-state index contributed by atoms with van der Waals surface area (Å²) in [6.07, 6.45) is 4.35. The first-order valence-electron chi connectivity index (χ1n) is 9.75. The van der Waals surface area contributed by atoms with Gasteiger partial charge in [0.2, 0.25) is 5.91 Å². The van der Waals surface area contributed by atoms with Gasteiger partial charge in [-0.15, -0.1) is 0 Å². The number of likely N-dealkylation sites (tertiary alicyclic amines) is 2. The fourth-order valence-electron chi connectivity index (χ4n) is 4.03. The van der Waals surface area contributed by atoms with Crippen LogP contribution in [0.2, 0.25) is 5.02 Å². The second kappa shape index (κ2) is 9.70. The monoisotopic (exact) mass is 379 g/mol. The molecule has 2 heterocycles. The van der Waals surface area contributed by atoms with E-state index in [2.05, 4.69) is 21.2 Å². The number of carbonyl (C=O) groups excluding carboxylic acids is 1. The molecule has 1 aromatic carbocycles. The number of hydrogen-bond donors (Lipinski definition) is 2. The molecule has 0 saturated carbocycles. The van der Waals surface area contributed by atoms with Crippen molar-refractivity contribution in [2.75, 3.05) is 45.9 Å². The van der Waals surface area contributed by atoms with Crippen LogP contribution < -0.4 is 5.32 Å². The molecular weight excluding hydrogens is 350 g/mol. The highest BCUT2D eigenvalue weighted by Crippen LogP contribution is 2.29. The van der Waals surface area contributed by atoms with Crippen molar-refractivity contribution < 1.29 is 9.90 Å². The molecule has 0 bridgehead atoms. The van der Waals surface area contributed by atoms with E-state index in [9.17, 15) is 9.90 Å². The lowest BCUT2D eigenvalue weighted by atomic mass is 9.98. The highest BCUT2D eigenvalue weighted by molar-refractivity contribution is 6.31. The van der Waals surface area contributed by atoms with Crippen molar-refractivity contribution in [3.63, 3.8) is 0 Å². The van der Waals surface area contributed by atoms with Crippen LogP contribution in [0.4, 0.5) is 0 Å². The predicted molar refractivity (Wildman–Crippen MR) is 104 cm³/mol. The van der Waals surface area contributed by atoms with Gasteiger partial charge in [0.25, 0.3) is 0 Å². The number of aliphatic hydroxyl groups is 1. The zero-order chi connectivity index (χ0) is 18.4. The Hall–Kier alpha value is -1.14. The second-order valence-electron chi connectivity index (χ2n) is 7.49. The van der Waals surface area contributed by atoms with Crippen LogP contribution >= 0.6 is 11.6 Å². The number of benzene rings is 1. The van der Waals surface area contributed by atoms with E-state index >= 15 is 0 Å². The molecule has 0 radical (unpaired) electrons. The Balaban J connectivity index is 1.54. The summed E-state index contributed by atoms with van der Waals surface area (Å²) in [4.78, 5) is 17.1. The maximum Gasteiger partial charge on any atom is 0.234 e. The molecule has 2 aliphatic heterocycles. The van der Waals surface area contributed by atoms with Crippen LogP contribution in [0, 0.1) is 5.92 Å². The van der Waals surface area contributed by atoms with Crippen molar-refractivity contribution in [2.24, 2.45) is 5.92 Å². The van der Waals surface area contributed by atoms with Crippen molar-refractivity contribution in [3.05, 3.63) is 34.9 Å². The number of hydrogen-bond acceptors (Lipinski definition) is 4.